The molecule has 0 unspecified atom stereocenters. The summed E-state index contributed by atoms with van der Waals surface area (Å²) in [6.07, 6.45) is 3.44. The molecule has 1 aromatic heterocycles. The van der Waals surface area contributed by atoms with Gasteiger partial charge in [-0.25, -0.2) is 4.68 Å². The zero-order chi connectivity index (χ0) is 14.7. The highest BCUT2D eigenvalue weighted by atomic mass is 32.1. The SMILES string of the molecule is C=CCn1c(C)nn(CN2CCC(C(N)=O)CC2)c1=S. The Morgan fingerprint density at radius 2 is 2.20 bits per heavy atom. The molecular weight excluding hydrogens is 274 g/mol. The molecule has 0 saturated carbocycles. The molecule has 1 saturated heterocycles. The van der Waals surface area contributed by atoms with Crippen molar-refractivity contribution >= 4 is 18.1 Å². The number of hydrogen-bond donors (Lipinski definition) is 1. The minimum Gasteiger partial charge on any atom is -0.369 e. The molecule has 7 heteroatoms. The Kier molecular flexibility index (Phi) is 4.72. The molecule has 2 rings (SSSR count). The first-order valence-corrected chi connectivity index (χ1v) is 7.20. The van der Waals surface area contributed by atoms with Gasteiger partial charge in [-0.1, -0.05) is 6.08 Å². The Balaban J connectivity index is 2.01. The van der Waals surface area contributed by atoms with Gasteiger partial charge in [0.05, 0.1) is 6.67 Å². The minimum absolute atomic E-state index is 0.0132. The molecule has 0 atom stereocenters. The van der Waals surface area contributed by atoms with Gasteiger partial charge in [0.15, 0.2) is 4.77 Å². The predicted molar refractivity (Wildman–Crippen MR) is 79.5 cm³/mol. The van der Waals surface area contributed by atoms with E-state index in [9.17, 15) is 4.79 Å². The lowest BCUT2D eigenvalue weighted by molar-refractivity contribution is -0.123. The van der Waals surface area contributed by atoms with Crippen molar-refractivity contribution in [1.29, 1.82) is 0 Å². The van der Waals surface area contributed by atoms with Crippen LogP contribution in [0.25, 0.3) is 0 Å². The van der Waals surface area contributed by atoms with Crippen molar-refractivity contribution in [2.24, 2.45) is 11.7 Å². The number of rotatable bonds is 5. The van der Waals surface area contributed by atoms with Gasteiger partial charge in [0.25, 0.3) is 0 Å². The number of likely N-dealkylation sites (tertiary alicyclic amines) is 1. The van der Waals surface area contributed by atoms with Crippen molar-refractivity contribution in [3.05, 3.63) is 23.3 Å². The number of carbonyl (C=O) groups excluding carboxylic acids is 1. The molecule has 1 aromatic rings. The molecule has 0 bridgehead atoms. The third kappa shape index (κ3) is 3.16. The summed E-state index contributed by atoms with van der Waals surface area (Å²) in [6.45, 7) is 8.71. The second-order valence-electron chi connectivity index (χ2n) is 5.16. The van der Waals surface area contributed by atoms with E-state index >= 15 is 0 Å². The summed E-state index contributed by atoms with van der Waals surface area (Å²) in [5.74, 6) is 0.716. The molecule has 1 aliphatic rings. The molecule has 2 N–H and O–H groups in total. The van der Waals surface area contributed by atoms with Crippen LogP contribution in [0, 0.1) is 17.6 Å². The average Bonchev–Trinajstić information content (AvgIpc) is 2.67. The lowest BCUT2D eigenvalue weighted by Gasteiger charge is -2.29. The normalized spacial score (nSPS) is 17.2. The summed E-state index contributed by atoms with van der Waals surface area (Å²) in [4.78, 5) is 13.4. The number of hydrogen-bond acceptors (Lipinski definition) is 4. The van der Waals surface area contributed by atoms with Gasteiger partial charge in [0.2, 0.25) is 5.91 Å². The predicted octanol–water partition coefficient (Wildman–Crippen LogP) is 1.06. The fourth-order valence-electron chi connectivity index (χ4n) is 2.53. The molecule has 110 valence electrons. The topological polar surface area (TPSA) is 69.1 Å². The van der Waals surface area contributed by atoms with Crippen LogP contribution in [-0.4, -0.2) is 38.2 Å². The highest BCUT2D eigenvalue weighted by molar-refractivity contribution is 7.71. The zero-order valence-electron chi connectivity index (χ0n) is 11.8. The molecule has 1 fully saturated rings. The molecule has 0 spiro atoms. The summed E-state index contributed by atoms with van der Waals surface area (Å²) < 4.78 is 4.50. The van der Waals surface area contributed by atoms with Crippen LogP contribution in [0.4, 0.5) is 0 Å². The van der Waals surface area contributed by atoms with Gasteiger partial charge in [-0.3, -0.25) is 9.69 Å². The summed E-state index contributed by atoms with van der Waals surface area (Å²) >= 11 is 5.43. The number of nitrogens with zero attached hydrogens (tertiary/aromatic N) is 4. The van der Waals surface area contributed by atoms with Gasteiger partial charge in [0, 0.05) is 25.6 Å². The highest BCUT2D eigenvalue weighted by Gasteiger charge is 2.23. The summed E-state index contributed by atoms with van der Waals surface area (Å²) in [6, 6.07) is 0. The van der Waals surface area contributed by atoms with E-state index in [0.29, 0.717) is 18.0 Å². The number of primary amides is 1. The van der Waals surface area contributed by atoms with E-state index in [1.54, 1.807) is 0 Å². The van der Waals surface area contributed by atoms with E-state index in [2.05, 4.69) is 16.6 Å². The second-order valence-corrected chi connectivity index (χ2v) is 5.53. The lowest BCUT2D eigenvalue weighted by atomic mass is 9.97. The molecule has 0 aromatic carbocycles. The maximum Gasteiger partial charge on any atom is 0.220 e. The summed E-state index contributed by atoms with van der Waals surface area (Å²) in [5, 5.41) is 4.47. The van der Waals surface area contributed by atoms with E-state index in [-0.39, 0.29) is 11.8 Å². The molecule has 1 aliphatic heterocycles. The van der Waals surface area contributed by atoms with E-state index in [0.717, 1.165) is 31.8 Å². The molecule has 2 heterocycles. The molecule has 6 nitrogen and oxygen atoms in total. The van der Waals surface area contributed by atoms with Crippen molar-refractivity contribution in [3.8, 4) is 0 Å². The number of carbonyl (C=O) groups is 1. The Labute approximate surface area is 123 Å². The van der Waals surface area contributed by atoms with E-state index < -0.39 is 0 Å². The fourth-order valence-corrected chi connectivity index (χ4v) is 2.83. The van der Waals surface area contributed by atoms with Crippen LogP contribution < -0.4 is 5.73 Å². The summed E-state index contributed by atoms with van der Waals surface area (Å²) in [7, 11) is 0. The largest absolute Gasteiger partial charge is 0.369 e. The first-order chi connectivity index (χ1) is 9.52. The smallest absolute Gasteiger partial charge is 0.220 e. The van der Waals surface area contributed by atoms with E-state index in [4.69, 9.17) is 18.0 Å². The van der Waals surface area contributed by atoms with Crippen molar-refractivity contribution in [2.45, 2.75) is 33.0 Å². The van der Waals surface area contributed by atoms with E-state index in [1.165, 1.54) is 0 Å². The number of amides is 1. The number of allylic oxidation sites excluding steroid dienone is 1. The van der Waals surface area contributed by atoms with Crippen LogP contribution in [0.2, 0.25) is 0 Å². The van der Waals surface area contributed by atoms with Gasteiger partial charge in [0.1, 0.15) is 5.82 Å². The van der Waals surface area contributed by atoms with Crippen LogP contribution in [0.5, 0.6) is 0 Å². The van der Waals surface area contributed by atoms with Crippen molar-refractivity contribution < 1.29 is 4.79 Å². The Bertz CT molecular complexity index is 554. The van der Waals surface area contributed by atoms with Crippen molar-refractivity contribution in [2.75, 3.05) is 13.1 Å². The second kappa shape index (κ2) is 6.32. The van der Waals surface area contributed by atoms with Crippen LogP contribution in [0.15, 0.2) is 12.7 Å². The minimum atomic E-state index is -0.188. The molecule has 0 aliphatic carbocycles. The average molecular weight is 295 g/mol. The van der Waals surface area contributed by atoms with Gasteiger partial charge in [-0.2, -0.15) is 5.10 Å². The first-order valence-electron chi connectivity index (χ1n) is 6.79. The van der Waals surface area contributed by atoms with Gasteiger partial charge < -0.3 is 10.3 Å². The maximum absolute atomic E-state index is 11.2. The Morgan fingerprint density at radius 3 is 2.75 bits per heavy atom. The van der Waals surface area contributed by atoms with Crippen molar-refractivity contribution in [3.63, 3.8) is 0 Å². The fraction of sp³-hybridized carbons (Fsp3) is 0.615. The number of aromatic nitrogens is 3. The quantitative estimate of drug-likeness (QED) is 0.651. The standard InChI is InChI=1S/C13H21N5OS/c1-3-6-17-10(2)15-18(13(17)20)9-16-7-4-11(5-8-16)12(14)19/h3,11H,1,4-9H2,2H3,(H2,14,19). The van der Waals surface area contributed by atoms with Crippen LogP contribution in [0.3, 0.4) is 0 Å². The van der Waals surface area contributed by atoms with Crippen LogP contribution >= 0.6 is 12.2 Å². The monoisotopic (exact) mass is 295 g/mol. The molecule has 20 heavy (non-hydrogen) atoms. The van der Waals surface area contributed by atoms with Gasteiger partial charge in [-0.15, -0.1) is 6.58 Å². The third-order valence-electron chi connectivity index (χ3n) is 3.74. The zero-order valence-corrected chi connectivity index (χ0v) is 12.6. The maximum atomic E-state index is 11.2. The first kappa shape index (κ1) is 14.9. The third-order valence-corrected chi connectivity index (χ3v) is 4.17. The molecule has 1 amide bonds. The highest BCUT2D eigenvalue weighted by Crippen LogP contribution is 2.17. The number of piperidine rings is 1. The van der Waals surface area contributed by atoms with Gasteiger partial charge >= 0.3 is 0 Å². The van der Waals surface area contributed by atoms with E-state index in [1.807, 2.05) is 22.2 Å². The number of nitrogens with two attached hydrogens (primary N) is 1. The summed E-state index contributed by atoms with van der Waals surface area (Å²) in [5.41, 5.74) is 5.34. The molecule has 0 radical (unpaired) electrons. The number of aryl methyl sites for hydroxylation is 1. The Hall–Kier alpha value is -1.47. The Morgan fingerprint density at radius 1 is 1.55 bits per heavy atom. The van der Waals surface area contributed by atoms with Gasteiger partial charge in [-0.05, 0) is 32.0 Å². The van der Waals surface area contributed by atoms with Crippen molar-refractivity contribution in [1.82, 2.24) is 19.2 Å². The van der Waals surface area contributed by atoms with Crippen LogP contribution in [0.1, 0.15) is 18.7 Å². The molecular formula is C13H21N5OS. The lowest BCUT2D eigenvalue weighted by Crippen LogP contribution is -2.39. The van der Waals surface area contributed by atoms with Crippen LogP contribution in [-0.2, 0) is 18.0 Å².